The zero-order valence-corrected chi connectivity index (χ0v) is 25.3. The minimum Gasteiger partial charge on any atom is -0.309 e. The summed E-state index contributed by atoms with van der Waals surface area (Å²) in [5, 5.41) is 17.6. The van der Waals surface area contributed by atoms with Gasteiger partial charge in [0.05, 0.1) is 38.7 Å². The van der Waals surface area contributed by atoms with Crippen LogP contribution in [-0.4, -0.2) is 13.7 Å². The average Bonchev–Trinajstić information content (AvgIpc) is 3.77. The quantitative estimate of drug-likeness (QED) is 0.199. The Morgan fingerprint density at radius 3 is 1.51 bits per heavy atom. The number of hydrogen-bond acceptors (Lipinski definition) is 1. The molecule has 0 saturated heterocycles. The van der Waals surface area contributed by atoms with Crippen LogP contribution in [0.1, 0.15) is 5.56 Å². The Morgan fingerprint density at radius 1 is 0.362 bits per heavy atom. The molecule has 4 nitrogen and oxygen atoms in total. The molecule has 3 heterocycles. The molecular weight excluding hydrogens is 573 g/mol. The van der Waals surface area contributed by atoms with Crippen molar-refractivity contribution in [1.29, 1.82) is 5.26 Å². The van der Waals surface area contributed by atoms with Crippen molar-refractivity contribution in [3.8, 4) is 23.1 Å². The van der Waals surface area contributed by atoms with E-state index in [1.54, 1.807) is 0 Å². The number of fused-ring (bicyclic) bond motifs is 10. The standard InChI is InChI=1S/C43H26N4/c44-27-28-25-36-33-18-8-11-21-38(33)46(30-15-5-2-6-16-30)43(36)41-35-19-9-12-22-39(35)47(42(28)41)31-23-24-34-32-17-7-10-20-37(32)45(40(34)26-31)29-13-3-1-4-14-29/h1-26H. The smallest absolute Gasteiger partial charge is 0.101 e. The Hall–Kier alpha value is -6.57. The van der Waals surface area contributed by atoms with Crippen molar-refractivity contribution >= 4 is 65.4 Å². The third-order valence-corrected chi connectivity index (χ3v) is 9.63. The molecule has 3 aromatic heterocycles. The maximum absolute atomic E-state index is 10.8. The topological polar surface area (TPSA) is 38.6 Å². The first-order valence-electron chi connectivity index (χ1n) is 15.9. The molecular formula is C43H26N4. The summed E-state index contributed by atoms with van der Waals surface area (Å²) in [6, 6.07) is 58.2. The zero-order valence-electron chi connectivity index (χ0n) is 25.3. The molecule has 0 radical (unpaired) electrons. The molecule has 0 atom stereocenters. The van der Waals surface area contributed by atoms with E-state index in [-0.39, 0.29) is 0 Å². The average molecular weight is 599 g/mol. The van der Waals surface area contributed by atoms with E-state index in [9.17, 15) is 5.26 Å². The Balaban J connectivity index is 1.39. The van der Waals surface area contributed by atoms with Gasteiger partial charge in [-0.1, -0.05) is 97.1 Å². The fourth-order valence-corrected chi connectivity index (χ4v) is 7.76. The Morgan fingerprint density at radius 2 is 0.851 bits per heavy atom. The van der Waals surface area contributed by atoms with Gasteiger partial charge < -0.3 is 13.7 Å². The first kappa shape index (κ1) is 25.7. The number of nitriles is 1. The maximum Gasteiger partial charge on any atom is 0.101 e. The second-order valence-corrected chi connectivity index (χ2v) is 12.1. The first-order chi connectivity index (χ1) is 23.3. The largest absolute Gasteiger partial charge is 0.309 e. The van der Waals surface area contributed by atoms with Crippen LogP contribution in [0.5, 0.6) is 0 Å². The summed E-state index contributed by atoms with van der Waals surface area (Å²) in [6.45, 7) is 0. The van der Waals surface area contributed by atoms with Gasteiger partial charge in [-0.25, -0.2) is 0 Å². The van der Waals surface area contributed by atoms with Crippen LogP contribution in [0.4, 0.5) is 0 Å². The zero-order chi connectivity index (χ0) is 31.1. The van der Waals surface area contributed by atoms with Gasteiger partial charge in [0.2, 0.25) is 0 Å². The highest BCUT2D eigenvalue weighted by Crippen LogP contribution is 2.44. The monoisotopic (exact) mass is 598 g/mol. The SMILES string of the molecule is N#Cc1cc2c3ccccc3n(-c3ccccc3)c2c2c3ccccc3n(-c3ccc4c5ccccc5n(-c5ccccc5)c4c3)c12. The van der Waals surface area contributed by atoms with Crippen LogP contribution in [-0.2, 0) is 0 Å². The van der Waals surface area contributed by atoms with Crippen molar-refractivity contribution in [3.05, 3.63) is 163 Å². The fourth-order valence-electron chi connectivity index (χ4n) is 7.76. The van der Waals surface area contributed by atoms with Crippen LogP contribution in [0.15, 0.2) is 158 Å². The summed E-state index contributed by atoms with van der Waals surface area (Å²) in [4.78, 5) is 0. The van der Waals surface area contributed by atoms with Crippen LogP contribution in [0.2, 0.25) is 0 Å². The molecule has 0 fully saturated rings. The minimum absolute atomic E-state index is 0.656. The number of para-hydroxylation sites is 5. The van der Waals surface area contributed by atoms with Crippen LogP contribution >= 0.6 is 0 Å². The highest BCUT2D eigenvalue weighted by atomic mass is 15.0. The van der Waals surface area contributed by atoms with E-state index >= 15 is 0 Å². The molecule has 0 spiro atoms. The van der Waals surface area contributed by atoms with Gasteiger partial charge in [0.25, 0.3) is 0 Å². The lowest BCUT2D eigenvalue weighted by Gasteiger charge is -2.12. The van der Waals surface area contributed by atoms with E-state index in [1.165, 1.54) is 16.3 Å². The van der Waals surface area contributed by atoms with Gasteiger partial charge in [0, 0.05) is 49.4 Å². The molecule has 7 aromatic carbocycles. The molecule has 0 bridgehead atoms. The van der Waals surface area contributed by atoms with Gasteiger partial charge in [-0.15, -0.1) is 0 Å². The molecule has 47 heavy (non-hydrogen) atoms. The van der Waals surface area contributed by atoms with Gasteiger partial charge in [0.1, 0.15) is 6.07 Å². The summed E-state index contributed by atoms with van der Waals surface area (Å²) in [5.74, 6) is 0. The van der Waals surface area contributed by atoms with E-state index in [0.717, 1.165) is 66.2 Å². The number of rotatable bonds is 3. The third-order valence-electron chi connectivity index (χ3n) is 9.63. The summed E-state index contributed by atoms with van der Waals surface area (Å²) in [7, 11) is 0. The Labute approximate surface area is 270 Å². The number of benzene rings is 7. The van der Waals surface area contributed by atoms with E-state index in [1.807, 2.05) is 0 Å². The number of nitrogens with zero attached hydrogens (tertiary/aromatic N) is 4. The van der Waals surface area contributed by atoms with Crippen molar-refractivity contribution < 1.29 is 0 Å². The molecule has 0 aliphatic rings. The van der Waals surface area contributed by atoms with Crippen molar-refractivity contribution in [2.75, 3.05) is 0 Å². The summed E-state index contributed by atoms with van der Waals surface area (Å²) < 4.78 is 7.00. The predicted molar refractivity (Wildman–Crippen MR) is 194 cm³/mol. The summed E-state index contributed by atoms with van der Waals surface area (Å²) in [6.07, 6.45) is 0. The van der Waals surface area contributed by atoms with Gasteiger partial charge in [-0.3, -0.25) is 0 Å². The van der Waals surface area contributed by atoms with Gasteiger partial charge in [0.15, 0.2) is 0 Å². The molecule has 0 saturated carbocycles. The van der Waals surface area contributed by atoms with E-state index in [4.69, 9.17) is 0 Å². The van der Waals surface area contributed by atoms with E-state index < -0.39 is 0 Å². The van der Waals surface area contributed by atoms with Crippen LogP contribution < -0.4 is 0 Å². The Kier molecular flexibility index (Phi) is 5.32. The molecule has 218 valence electrons. The lowest BCUT2D eigenvalue weighted by atomic mass is 10.0. The first-order valence-corrected chi connectivity index (χ1v) is 15.9. The molecule has 0 aliphatic carbocycles. The van der Waals surface area contributed by atoms with Crippen molar-refractivity contribution in [1.82, 2.24) is 13.7 Å². The van der Waals surface area contributed by atoms with Crippen LogP contribution in [0.25, 0.3) is 82.5 Å². The third kappa shape index (κ3) is 3.51. The highest BCUT2D eigenvalue weighted by Gasteiger charge is 2.24. The minimum atomic E-state index is 0.656. The normalized spacial score (nSPS) is 11.8. The summed E-state index contributed by atoms with van der Waals surface area (Å²) >= 11 is 0. The molecule has 0 aliphatic heterocycles. The van der Waals surface area contributed by atoms with Crippen LogP contribution in [0, 0.1) is 11.3 Å². The van der Waals surface area contributed by atoms with Crippen molar-refractivity contribution in [2.24, 2.45) is 0 Å². The van der Waals surface area contributed by atoms with Crippen LogP contribution in [0.3, 0.4) is 0 Å². The van der Waals surface area contributed by atoms with Crippen molar-refractivity contribution in [3.63, 3.8) is 0 Å². The van der Waals surface area contributed by atoms with Gasteiger partial charge >= 0.3 is 0 Å². The van der Waals surface area contributed by atoms with E-state index in [0.29, 0.717) is 5.56 Å². The molecule has 4 heteroatoms. The molecule has 10 aromatic rings. The molecule has 10 rings (SSSR count). The fraction of sp³-hybridized carbons (Fsp3) is 0. The maximum atomic E-state index is 10.8. The second kappa shape index (κ2) is 9.71. The lowest BCUT2D eigenvalue weighted by Crippen LogP contribution is -1.98. The Bertz CT molecular complexity index is 2900. The van der Waals surface area contributed by atoms with E-state index in [2.05, 4.69) is 177 Å². The van der Waals surface area contributed by atoms with Gasteiger partial charge in [-0.2, -0.15) is 5.26 Å². The predicted octanol–water partition coefficient (Wildman–Crippen LogP) is 10.8. The molecule has 0 amide bonds. The highest BCUT2D eigenvalue weighted by molar-refractivity contribution is 6.27. The molecule has 0 unspecified atom stereocenters. The number of aromatic nitrogens is 3. The molecule has 0 N–H and O–H groups in total. The summed E-state index contributed by atoms with van der Waals surface area (Å²) in [5.41, 5.74) is 10.4. The van der Waals surface area contributed by atoms with Gasteiger partial charge in [-0.05, 0) is 60.7 Å². The second-order valence-electron chi connectivity index (χ2n) is 12.1. The number of hydrogen-bond donors (Lipinski definition) is 0. The van der Waals surface area contributed by atoms with Crippen molar-refractivity contribution in [2.45, 2.75) is 0 Å². The lowest BCUT2D eigenvalue weighted by molar-refractivity contribution is 1.15.